The van der Waals surface area contributed by atoms with E-state index in [-0.39, 0.29) is 21.7 Å². The minimum Gasteiger partial charge on any atom is -0.0838 e. The maximum atomic E-state index is 2.48. The summed E-state index contributed by atoms with van der Waals surface area (Å²) in [5, 5.41) is 0. The van der Waals surface area contributed by atoms with Gasteiger partial charge in [-0.1, -0.05) is 107 Å². The van der Waals surface area contributed by atoms with Crippen molar-refractivity contribution >= 4 is 0 Å². The first-order valence-electron chi connectivity index (χ1n) is 8.82. The summed E-state index contributed by atoms with van der Waals surface area (Å²) in [6.07, 6.45) is 9.74. The van der Waals surface area contributed by atoms with Gasteiger partial charge in [0.15, 0.2) is 0 Å². The highest BCUT2D eigenvalue weighted by Crippen LogP contribution is 2.44. The number of allylic oxidation sites excluding steroid dienone is 4. The summed E-state index contributed by atoms with van der Waals surface area (Å²) in [6, 6.07) is 0. The molecule has 0 aliphatic carbocycles. The molecule has 0 saturated heterocycles. The molecule has 0 rings (SSSR count). The van der Waals surface area contributed by atoms with Crippen molar-refractivity contribution in [3.63, 3.8) is 0 Å². The summed E-state index contributed by atoms with van der Waals surface area (Å²) in [5.41, 5.74) is 0.975. The molecule has 0 heteroatoms. The Morgan fingerprint density at radius 1 is 0.455 bits per heavy atom. The van der Waals surface area contributed by atoms with E-state index in [0.29, 0.717) is 11.8 Å². The molecular formula is C22H42. The van der Waals surface area contributed by atoms with Crippen LogP contribution in [0.1, 0.15) is 83.1 Å². The van der Waals surface area contributed by atoms with Crippen LogP contribution in [0.3, 0.4) is 0 Å². The summed E-state index contributed by atoms with van der Waals surface area (Å²) in [6.45, 7) is 27.9. The second-order valence-corrected chi connectivity index (χ2v) is 11.2. The molecule has 0 aliphatic rings. The third kappa shape index (κ3) is 8.81. The zero-order valence-electron chi connectivity index (χ0n) is 17.5. The highest BCUT2D eigenvalue weighted by molar-refractivity contribution is 5.10. The van der Waals surface area contributed by atoms with E-state index in [9.17, 15) is 0 Å². The maximum absolute atomic E-state index is 2.48. The van der Waals surface area contributed by atoms with Crippen LogP contribution in [0.2, 0.25) is 0 Å². The van der Waals surface area contributed by atoms with Gasteiger partial charge in [0.2, 0.25) is 0 Å². The largest absolute Gasteiger partial charge is 0.0838 e. The van der Waals surface area contributed by atoms with Crippen molar-refractivity contribution in [2.75, 3.05) is 0 Å². The first-order valence-corrected chi connectivity index (χ1v) is 8.82. The van der Waals surface area contributed by atoms with E-state index in [4.69, 9.17) is 0 Å². The molecule has 0 radical (unpaired) electrons. The van der Waals surface area contributed by atoms with E-state index in [1.54, 1.807) is 0 Å². The van der Waals surface area contributed by atoms with Gasteiger partial charge in [0.25, 0.3) is 0 Å². The fourth-order valence-corrected chi connectivity index (χ4v) is 2.68. The molecule has 0 saturated carbocycles. The van der Waals surface area contributed by atoms with Gasteiger partial charge in [-0.25, -0.2) is 0 Å². The zero-order chi connectivity index (χ0) is 18.0. The van der Waals surface area contributed by atoms with Crippen LogP contribution in [0.5, 0.6) is 0 Å². The first kappa shape index (κ1) is 21.5. The number of hydrogen-bond donors (Lipinski definition) is 0. The maximum Gasteiger partial charge on any atom is -0.0117 e. The fraction of sp³-hybridized carbons (Fsp3) is 0.818. The highest BCUT2D eigenvalue weighted by atomic mass is 14.4. The Labute approximate surface area is 141 Å². The van der Waals surface area contributed by atoms with Crippen LogP contribution in [-0.4, -0.2) is 0 Å². The van der Waals surface area contributed by atoms with Crippen LogP contribution in [-0.2, 0) is 0 Å². The predicted octanol–water partition coefficient (Wildman–Crippen LogP) is 7.52. The van der Waals surface area contributed by atoms with E-state index < -0.39 is 0 Å². The molecular weight excluding hydrogens is 264 g/mol. The van der Waals surface area contributed by atoms with Gasteiger partial charge in [0.1, 0.15) is 0 Å². The molecule has 0 bridgehead atoms. The molecule has 0 unspecified atom stereocenters. The van der Waals surface area contributed by atoms with Gasteiger partial charge in [-0.3, -0.25) is 0 Å². The third-order valence-electron chi connectivity index (χ3n) is 3.99. The SMILES string of the molecule is CC(C)(C)/C=C\[C@@H]([C@H](/C=C/C(C)(C)C)C(C)(C)C)C(C)(C)C. The Morgan fingerprint density at radius 3 is 0.818 bits per heavy atom. The molecule has 0 aromatic carbocycles. The minimum absolute atomic E-state index is 0.236. The van der Waals surface area contributed by atoms with E-state index in [0.717, 1.165) is 0 Å². The van der Waals surface area contributed by atoms with E-state index in [1.807, 2.05) is 0 Å². The summed E-state index contributed by atoms with van der Waals surface area (Å²) in [4.78, 5) is 0. The van der Waals surface area contributed by atoms with Crippen molar-refractivity contribution in [3.05, 3.63) is 24.3 Å². The highest BCUT2D eigenvalue weighted by Gasteiger charge is 2.36. The molecule has 0 aliphatic heterocycles. The average Bonchev–Trinajstić information content (AvgIpc) is 2.15. The molecule has 0 heterocycles. The molecule has 0 N–H and O–H groups in total. The summed E-state index contributed by atoms with van der Waals surface area (Å²) < 4.78 is 0. The lowest BCUT2D eigenvalue weighted by atomic mass is 9.63. The van der Waals surface area contributed by atoms with Crippen molar-refractivity contribution in [2.45, 2.75) is 83.1 Å². The van der Waals surface area contributed by atoms with Crippen molar-refractivity contribution in [1.82, 2.24) is 0 Å². The average molecular weight is 307 g/mol. The van der Waals surface area contributed by atoms with Gasteiger partial charge >= 0.3 is 0 Å². The molecule has 0 aromatic rings. The normalized spacial score (nSPS) is 18.2. The van der Waals surface area contributed by atoms with Gasteiger partial charge in [-0.2, -0.15) is 0 Å². The van der Waals surface area contributed by atoms with Gasteiger partial charge in [-0.05, 0) is 33.5 Å². The van der Waals surface area contributed by atoms with Crippen molar-refractivity contribution in [2.24, 2.45) is 33.5 Å². The van der Waals surface area contributed by atoms with E-state index in [1.165, 1.54) is 0 Å². The van der Waals surface area contributed by atoms with Crippen LogP contribution in [0.25, 0.3) is 0 Å². The van der Waals surface area contributed by atoms with Crippen LogP contribution in [0.4, 0.5) is 0 Å². The Kier molecular flexibility index (Phi) is 6.77. The third-order valence-corrected chi connectivity index (χ3v) is 3.99. The van der Waals surface area contributed by atoms with E-state index >= 15 is 0 Å². The molecule has 0 aromatic heterocycles. The Morgan fingerprint density at radius 2 is 0.682 bits per heavy atom. The van der Waals surface area contributed by atoms with Gasteiger partial charge in [0.05, 0.1) is 0 Å². The molecule has 22 heavy (non-hydrogen) atoms. The smallest absolute Gasteiger partial charge is 0.0117 e. The molecule has 2 atom stereocenters. The standard InChI is InChI=1S/C22H42/c1-19(2,3)15-13-17(21(7,8)9)18(22(10,11)12)14-16-20(4,5)6/h13-18H,1-12H3/b15-13-,16-14+/t17-,18-/m0/s1. The predicted molar refractivity (Wildman–Crippen MR) is 103 cm³/mol. The quantitative estimate of drug-likeness (QED) is 0.473. The summed E-state index contributed by atoms with van der Waals surface area (Å²) >= 11 is 0. The van der Waals surface area contributed by atoms with E-state index in [2.05, 4.69) is 107 Å². The number of rotatable bonds is 3. The molecule has 0 nitrogen and oxygen atoms in total. The lowest BCUT2D eigenvalue weighted by Crippen LogP contribution is -2.34. The monoisotopic (exact) mass is 306 g/mol. The van der Waals surface area contributed by atoms with Crippen LogP contribution in [0.15, 0.2) is 24.3 Å². The van der Waals surface area contributed by atoms with Crippen molar-refractivity contribution in [1.29, 1.82) is 0 Å². The lowest BCUT2D eigenvalue weighted by molar-refractivity contribution is 0.141. The van der Waals surface area contributed by atoms with Crippen LogP contribution < -0.4 is 0 Å². The fourth-order valence-electron chi connectivity index (χ4n) is 2.68. The van der Waals surface area contributed by atoms with Gasteiger partial charge in [-0.15, -0.1) is 0 Å². The second-order valence-electron chi connectivity index (χ2n) is 11.2. The molecule has 0 fully saturated rings. The summed E-state index contributed by atoms with van der Waals surface area (Å²) in [5.74, 6) is 1.07. The Balaban J connectivity index is 5.79. The zero-order valence-corrected chi connectivity index (χ0v) is 17.5. The lowest BCUT2D eigenvalue weighted by Gasteiger charge is -2.41. The minimum atomic E-state index is 0.236. The molecule has 130 valence electrons. The van der Waals surface area contributed by atoms with Gasteiger partial charge in [0, 0.05) is 0 Å². The molecule has 0 amide bonds. The van der Waals surface area contributed by atoms with Gasteiger partial charge < -0.3 is 0 Å². The van der Waals surface area contributed by atoms with Crippen molar-refractivity contribution < 1.29 is 0 Å². The Hall–Kier alpha value is -0.520. The molecule has 0 spiro atoms. The second kappa shape index (κ2) is 6.93. The van der Waals surface area contributed by atoms with Crippen LogP contribution >= 0.6 is 0 Å². The van der Waals surface area contributed by atoms with Crippen molar-refractivity contribution in [3.8, 4) is 0 Å². The Bertz CT molecular complexity index is 340. The number of hydrogen-bond acceptors (Lipinski definition) is 0. The van der Waals surface area contributed by atoms with Crippen LogP contribution in [0, 0.1) is 33.5 Å². The summed E-state index contributed by atoms with van der Waals surface area (Å²) in [7, 11) is 0. The topological polar surface area (TPSA) is 0 Å². The first-order chi connectivity index (χ1) is 9.43.